The van der Waals surface area contributed by atoms with Crippen molar-refractivity contribution in [2.75, 3.05) is 5.73 Å². The minimum Gasteiger partial charge on any atom is -0.455 e. The molecule has 2 heterocycles. The third kappa shape index (κ3) is 3.08. The molecular formula is C12H11BrN2O2S. The molecular weight excluding hydrogens is 316 g/mol. The Labute approximate surface area is 117 Å². The van der Waals surface area contributed by atoms with E-state index in [4.69, 9.17) is 10.5 Å². The second-order valence-electron chi connectivity index (χ2n) is 3.67. The monoisotopic (exact) mass is 326 g/mol. The number of nitrogens with zero attached hydrogens (tertiary/aromatic N) is 1. The summed E-state index contributed by atoms with van der Waals surface area (Å²) in [7, 11) is 0. The van der Waals surface area contributed by atoms with Crippen LogP contribution in [0.5, 0.6) is 0 Å². The number of hydrogen-bond acceptors (Lipinski definition) is 5. The Kier molecular flexibility index (Phi) is 3.98. The van der Waals surface area contributed by atoms with Crippen molar-refractivity contribution in [2.24, 2.45) is 0 Å². The Morgan fingerprint density at radius 1 is 1.56 bits per heavy atom. The summed E-state index contributed by atoms with van der Waals surface area (Å²) in [6, 6.07) is 5.28. The lowest BCUT2D eigenvalue weighted by atomic mass is 10.3. The Morgan fingerprint density at radius 3 is 2.89 bits per heavy atom. The van der Waals surface area contributed by atoms with E-state index >= 15 is 0 Å². The molecule has 0 aliphatic rings. The largest absolute Gasteiger partial charge is 0.455 e. The van der Waals surface area contributed by atoms with Gasteiger partial charge >= 0.3 is 5.97 Å². The molecule has 0 aliphatic carbocycles. The van der Waals surface area contributed by atoms with E-state index in [1.54, 1.807) is 18.3 Å². The van der Waals surface area contributed by atoms with Gasteiger partial charge in [0.15, 0.2) is 0 Å². The fraction of sp³-hybridized carbons (Fsp3) is 0.167. The van der Waals surface area contributed by atoms with Gasteiger partial charge in [-0.25, -0.2) is 4.79 Å². The molecule has 2 rings (SSSR count). The smallest absolute Gasteiger partial charge is 0.348 e. The number of thiophene rings is 1. The zero-order chi connectivity index (χ0) is 13.1. The van der Waals surface area contributed by atoms with E-state index in [1.807, 2.05) is 13.0 Å². The van der Waals surface area contributed by atoms with E-state index in [2.05, 4.69) is 20.9 Å². The third-order valence-electron chi connectivity index (χ3n) is 2.30. The van der Waals surface area contributed by atoms with E-state index in [-0.39, 0.29) is 12.6 Å². The van der Waals surface area contributed by atoms with Crippen molar-refractivity contribution in [3.05, 3.63) is 44.3 Å². The average Bonchev–Trinajstić information content (AvgIpc) is 2.69. The highest BCUT2D eigenvalue weighted by Crippen LogP contribution is 2.24. The summed E-state index contributed by atoms with van der Waals surface area (Å²) in [6.07, 6.45) is 1.66. The number of esters is 1. The van der Waals surface area contributed by atoms with Gasteiger partial charge in [0.05, 0.1) is 5.69 Å². The summed E-state index contributed by atoms with van der Waals surface area (Å²) in [4.78, 5) is 17.3. The quantitative estimate of drug-likeness (QED) is 0.880. The number of hydrogen-bond donors (Lipinski definition) is 1. The minimum atomic E-state index is -0.371. The molecule has 0 saturated carbocycles. The number of nitrogens with two attached hydrogens (primary N) is 1. The van der Waals surface area contributed by atoms with Crippen molar-refractivity contribution in [1.82, 2.24) is 4.98 Å². The predicted molar refractivity (Wildman–Crippen MR) is 74.5 cm³/mol. The van der Waals surface area contributed by atoms with E-state index < -0.39 is 0 Å². The summed E-state index contributed by atoms with van der Waals surface area (Å²) in [5.41, 5.74) is 7.01. The number of ether oxygens (including phenoxy) is 1. The molecule has 0 saturated heterocycles. The number of anilines is 1. The Morgan fingerprint density at radius 2 is 2.33 bits per heavy atom. The fourth-order valence-electron chi connectivity index (χ4n) is 1.30. The van der Waals surface area contributed by atoms with E-state index in [1.165, 1.54) is 11.3 Å². The maximum absolute atomic E-state index is 11.7. The predicted octanol–water partition coefficient (Wildman–Crippen LogP) is 3.15. The van der Waals surface area contributed by atoms with Crippen molar-refractivity contribution >= 4 is 38.9 Å². The molecule has 18 heavy (non-hydrogen) atoms. The molecule has 2 aromatic rings. The number of carbonyl (C=O) groups is 1. The topological polar surface area (TPSA) is 65.2 Å². The maximum Gasteiger partial charge on any atom is 0.348 e. The Hall–Kier alpha value is -1.40. The van der Waals surface area contributed by atoms with Gasteiger partial charge in [-0.1, -0.05) is 0 Å². The molecule has 0 amide bonds. The van der Waals surface area contributed by atoms with E-state index in [9.17, 15) is 4.79 Å². The molecule has 0 fully saturated rings. The zero-order valence-corrected chi connectivity index (χ0v) is 12.0. The van der Waals surface area contributed by atoms with Crippen molar-refractivity contribution in [3.8, 4) is 0 Å². The number of nitrogen functional groups attached to an aromatic ring is 1. The maximum atomic E-state index is 11.7. The molecule has 0 bridgehead atoms. The van der Waals surface area contributed by atoms with Crippen molar-refractivity contribution in [2.45, 2.75) is 13.5 Å². The highest BCUT2D eigenvalue weighted by molar-refractivity contribution is 9.10. The highest BCUT2D eigenvalue weighted by atomic mass is 79.9. The number of pyridine rings is 1. The van der Waals surface area contributed by atoms with Crippen molar-refractivity contribution in [1.29, 1.82) is 0 Å². The number of carbonyl (C=O) groups excluding carboxylic acids is 1. The number of aryl methyl sites for hydroxylation is 1. The number of rotatable bonds is 3. The second-order valence-corrected chi connectivity index (χ2v) is 5.84. The van der Waals surface area contributed by atoms with Crippen LogP contribution in [0.15, 0.2) is 28.9 Å². The molecule has 4 nitrogen and oxygen atoms in total. The van der Waals surface area contributed by atoms with E-state index in [0.717, 1.165) is 9.35 Å². The second kappa shape index (κ2) is 5.49. The van der Waals surface area contributed by atoms with Gasteiger partial charge in [0.25, 0.3) is 0 Å². The number of halogens is 1. The Balaban J connectivity index is 1.98. The lowest BCUT2D eigenvalue weighted by Crippen LogP contribution is -2.04. The molecule has 0 spiro atoms. The van der Waals surface area contributed by atoms with Crippen LogP contribution in [0, 0.1) is 6.92 Å². The molecule has 2 N–H and O–H groups in total. The van der Waals surface area contributed by atoms with Crippen LogP contribution in [0.3, 0.4) is 0 Å². The van der Waals surface area contributed by atoms with Gasteiger partial charge in [0.1, 0.15) is 11.5 Å². The summed E-state index contributed by atoms with van der Waals surface area (Å²) >= 11 is 4.62. The SMILES string of the molecule is Cc1sc(C(=O)OCc2ccc(Br)cn2)cc1N. The van der Waals surface area contributed by atoms with Gasteiger partial charge in [-0.05, 0) is 41.1 Å². The van der Waals surface area contributed by atoms with Crippen molar-refractivity contribution < 1.29 is 9.53 Å². The number of aromatic nitrogens is 1. The van der Waals surface area contributed by atoms with Gasteiger partial charge in [0.2, 0.25) is 0 Å². The lowest BCUT2D eigenvalue weighted by molar-refractivity contribution is 0.0473. The summed E-state index contributed by atoms with van der Waals surface area (Å²) in [6.45, 7) is 2.02. The fourth-order valence-corrected chi connectivity index (χ4v) is 2.37. The zero-order valence-electron chi connectivity index (χ0n) is 9.64. The van der Waals surface area contributed by atoms with Crippen LogP contribution in [0.2, 0.25) is 0 Å². The molecule has 0 radical (unpaired) electrons. The van der Waals surface area contributed by atoms with Gasteiger partial charge in [-0.3, -0.25) is 4.98 Å². The van der Waals surface area contributed by atoms with Crippen LogP contribution in [-0.2, 0) is 11.3 Å². The average molecular weight is 327 g/mol. The van der Waals surface area contributed by atoms with Crippen LogP contribution in [-0.4, -0.2) is 11.0 Å². The minimum absolute atomic E-state index is 0.156. The van der Waals surface area contributed by atoms with Gasteiger partial charge in [0, 0.05) is 21.2 Å². The van der Waals surface area contributed by atoms with Crippen LogP contribution in [0.25, 0.3) is 0 Å². The lowest BCUT2D eigenvalue weighted by Gasteiger charge is -2.02. The third-order valence-corrected chi connectivity index (χ3v) is 3.81. The highest BCUT2D eigenvalue weighted by Gasteiger charge is 2.12. The standard InChI is InChI=1S/C12H11BrN2O2S/c1-7-10(14)4-11(18-7)12(16)17-6-9-3-2-8(13)5-15-9/h2-5H,6,14H2,1H3. The molecule has 0 aliphatic heterocycles. The first kappa shape index (κ1) is 13.0. The summed E-state index contributed by atoms with van der Waals surface area (Å²) < 4.78 is 6.05. The van der Waals surface area contributed by atoms with Crippen molar-refractivity contribution in [3.63, 3.8) is 0 Å². The van der Waals surface area contributed by atoms with Crippen LogP contribution >= 0.6 is 27.3 Å². The summed E-state index contributed by atoms with van der Waals surface area (Å²) in [5.74, 6) is -0.371. The molecule has 2 aromatic heterocycles. The van der Waals surface area contributed by atoms with Gasteiger partial charge in [-0.2, -0.15) is 0 Å². The first-order chi connectivity index (χ1) is 8.56. The Bertz CT molecular complexity index is 546. The van der Waals surface area contributed by atoms with Crippen LogP contribution in [0.4, 0.5) is 5.69 Å². The first-order valence-corrected chi connectivity index (χ1v) is 6.80. The molecule has 94 valence electrons. The van der Waals surface area contributed by atoms with Gasteiger partial charge in [-0.15, -0.1) is 11.3 Å². The first-order valence-electron chi connectivity index (χ1n) is 5.19. The van der Waals surface area contributed by atoms with E-state index in [0.29, 0.717) is 16.3 Å². The normalized spacial score (nSPS) is 10.3. The molecule has 6 heteroatoms. The van der Waals surface area contributed by atoms with Gasteiger partial charge < -0.3 is 10.5 Å². The molecule has 0 atom stereocenters. The van der Waals surface area contributed by atoms with Crippen LogP contribution < -0.4 is 5.73 Å². The summed E-state index contributed by atoms with van der Waals surface area (Å²) in [5, 5.41) is 0. The molecule has 0 aromatic carbocycles. The molecule has 0 unspecified atom stereocenters. The van der Waals surface area contributed by atoms with Crippen LogP contribution in [0.1, 0.15) is 20.2 Å².